The van der Waals surface area contributed by atoms with E-state index in [4.69, 9.17) is 5.11 Å². The highest BCUT2D eigenvalue weighted by Gasteiger charge is 2.25. The summed E-state index contributed by atoms with van der Waals surface area (Å²) in [7, 11) is 0. The van der Waals surface area contributed by atoms with E-state index < -0.39 is 6.43 Å². The number of hydrogen-bond acceptors (Lipinski definition) is 3. The Balaban J connectivity index is 2.28. The summed E-state index contributed by atoms with van der Waals surface area (Å²) >= 11 is 0. The third kappa shape index (κ3) is 1.50. The van der Waals surface area contributed by atoms with Crippen molar-refractivity contribution in [1.82, 2.24) is 14.8 Å². The molecule has 1 atom stereocenters. The molecule has 1 N–H and O–H groups in total. The lowest BCUT2D eigenvalue weighted by Crippen LogP contribution is -2.24. The maximum absolute atomic E-state index is 12.4. The number of aliphatic hydroxyl groups excluding tert-OH is 1. The molecule has 0 saturated carbocycles. The average Bonchev–Trinajstić information content (AvgIpc) is 2.59. The molecule has 1 aromatic rings. The van der Waals surface area contributed by atoms with Gasteiger partial charge in [-0.3, -0.25) is 0 Å². The highest BCUT2D eigenvalue weighted by Crippen LogP contribution is 2.24. The van der Waals surface area contributed by atoms with Gasteiger partial charge in [-0.2, -0.15) is 0 Å². The molecule has 0 fully saturated rings. The van der Waals surface area contributed by atoms with Crippen molar-refractivity contribution in [2.45, 2.75) is 25.8 Å². The van der Waals surface area contributed by atoms with Crippen LogP contribution in [0.25, 0.3) is 0 Å². The largest absolute Gasteiger partial charge is 0.396 e. The van der Waals surface area contributed by atoms with Crippen LogP contribution < -0.4 is 0 Å². The van der Waals surface area contributed by atoms with E-state index in [-0.39, 0.29) is 18.3 Å². The van der Waals surface area contributed by atoms with Crippen LogP contribution in [0.2, 0.25) is 0 Å². The van der Waals surface area contributed by atoms with E-state index in [0.717, 1.165) is 6.42 Å². The van der Waals surface area contributed by atoms with E-state index in [0.29, 0.717) is 18.8 Å². The van der Waals surface area contributed by atoms with Gasteiger partial charge in [0.1, 0.15) is 5.82 Å². The molecule has 4 nitrogen and oxygen atoms in total. The maximum Gasteiger partial charge on any atom is 0.297 e. The van der Waals surface area contributed by atoms with Crippen LogP contribution in [0.5, 0.6) is 0 Å². The minimum Gasteiger partial charge on any atom is -0.396 e. The van der Waals surface area contributed by atoms with E-state index in [9.17, 15) is 8.78 Å². The fourth-order valence-electron chi connectivity index (χ4n) is 1.73. The predicted octanol–water partition coefficient (Wildman–Crippen LogP) is 0.770. The molecule has 6 heteroatoms. The highest BCUT2D eigenvalue weighted by molar-refractivity contribution is 5.00. The van der Waals surface area contributed by atoms with Crippen molar-refractivity contribution in [3.8, 4) is 0 Å². The lowest BCUT2D eigenvalue weighted by atomic mass is 10.0. The van der Waals surface area contributed by atoms with Gasteiger partial charge in [0.2, 0.25) is 0 Å². The molecule has 0 aliphatic carbocycles. The minimum atomic E-state index is -2.59. The van der Waals surface area contributed by atoms with Gasteiger partial charge in [0.05, 0.1) is 0 Å². The molecule has 2 rings (SSSR count). The fraction of sp³-hybridized carbons (Fsp3) is 0.750. The van der Waals surface area contributed by atoms with Crippen molar-refractivity contribution in [3.05, 3.63) is 11.6 Å². The number of alkyl halides is 2. The van der Waals surface area contributed by atoms with Crippen molar-refractivity contribution in [3.63, 3.8) is 0 Å². The Kier molecular flexibility index (Phi) is 2.45. The average molecular weight is 203 g/mol. The summed E-state index contributed by atoms with van der Waals surface area (Å²) in [5.74, 6) is 0.374. The van der Waals surface area contributed by atoms with E-state index in [1.54, 1.807) is 0 Å². The molecule has 0 unspecified atom stereocenters. The van der Waals surface area contributed by atoms with Crippen LogP contribution >= 0.6 is 0 Å². The molecule has 2 heterocycles. The second kappa shape index (κ2) is 3.61. The van der Waals surface area contributed by atoms with Crippen molar-refractivity contribution < 1.29 is 13.9 Å². The lowest BCUT2D eigenvalue weighted by molar-refractivity contribution is 0.126. The van der Waals surface area contributed by atoms with Crippen LogP contribution in [-0.2, 0) is 13.0 Å². The molecule has 0 spiro atoms. The number of aryl methyl sites for hydroxylation is 1. The Hall–Kier alpha value is -1.04. The molecule has 1 aromatic heterocycles. The van der Waals surface area contributed by atoms with Gasteiger partial charge in [0.25, 0.3) is 6.43 Å². The zero-order valence-corrected chi connectivity index (χ0v) is 7.53. The van der Waals surface area contributed by atoms with Crippen molar-refractivity contribution >= 4 is 0 Å². The Morgan fingerprint density at radius 3 is 2.93 bits per heavy atom. The number of rotatable bonds is 2. The van der Waals surface area contributed by atoms with Crippen LogP contribution in [0.1, 0.15) is 24.5 Å². The number of nitrogens with zero attached hydrogens (tertiary/aromatic N) is 3. The topological polar surface area (TPSA) is 50.9 Å². The first-order chi connectivity index (χ1) is 6.72. The first kappa shape index (κ1) is 9.51. The molecule has 1 aliphatic heterocycles. The zero-order chi connectivity index (χ0) is 10.1. The standard InChI is InChI=1S/C8H11F2N3O/c9-7(10)8-12-11-6-2-1-5(4-14)3-13(6)8/h5,7,14H,1-4H2/t5-/m1/s1. The van der Waals surface area contributed by atoms with E-state index in [1.165, 1.54) is 4.57 Å². The molecule has 0 amide bonds. The van der Waals surface area contributed by atoms with E-state index in [2.05, 4.69) is 10.2 Å². The monoisotopic (exact) mass is 203 g/mol. The number of aliphatic hydroxyl groups is 1. The van der Waals surface area contributed by atoms with E-state index in [1.807, 2.05) is 0 Å². The second-order valence-electron chi connectivity index (χ2n) is 3.47. The Labute approximate surface area is 79.6 Å². The summed E-state index contributed by atoms with van der Waals surface area (Å²) in [5, 5.41) is 16.1. The molecule has 0 aromatic carbocycles. The van der Waals surface area contributed by atoms with Crippen LogP contribution in [-0.4, -0.2) is 26.5 Å². The highest BCUT2D eigenvalue weighted by atomic mass is 19.3. The SMILES string of the molecule is OC[C@@H]1CCc2nnc(C(F)F)n2C1. The van der Waals surface area contributed by atoms with Gasteiger partial charge in [-0.1, -0.05) is 0 Å². The normalized spacial score (nSPS) is 21.3. The minimum absolute atomic E-state index is 0.0281. The Morgan fingerprint density at radius 1 is 1.50 bits per heavy atom. The molecule has 0 bridgehead atoms. The van der Waals surface area contributed by atoms with Gasteiger partial charge < -0.3 is 9.67 Å². The molecule has 78 valence electrons. The fourth-order valence-corrected chi connectivity index (χ4v) is 1.73. The van der Waals surface area contributed by atoms with Gasteiger partial charge in [0, 0.05) is 25.5 Å². The third-order valence-corrected chi connectivity index (χ3v) is 2.53. The molecule has 0 radical (unpaired) electrons. The number of fused-ring (bicyclic) bond motifs is 1. The van der Waals surface area contributed by atoms with Gasteiger partial charge in [0.15, 0.2) is 5.82 Å². The van der Waals surface area contributed by atoms with Crippen LogP contribution in [0, 0.1) is 5.92 Å². The van der Waals surface area contributed by atoms with Crippen LogP contribution in [0.3, 0.4) is 0 Å². The summed E-state index contributed by atoms with van der Waals surface area (Å²) in [6, 6.07) is 0. The summed E-state index contributed by atoms with van der Waals surface area (Å²) in [5.41, 5.74) is 0. The number of aromatic nitrogens is 3. The maximum atomic E-state index is 12.4. The van der Waals surface area contributed by atoms with Gasteiger partial charge in [-0.15, -0.1) is 10.2 Å². The molecular weight excluding hydrogens is 192 g/mol. The van der Waals surface area contributed by atoms with Crippen molar-refractivity contribution in [2.24, 2.45) is 5.92 Å². The number of halogens is 2. The molecule has 14 heavy (non-hydrogen) atoms. The van der Waals surface area contributed by atoms with Crippen LogP contribution in [0.15, 0.2) is 0 Å². The molecule has 0 saturated heterocycles. The Morgan fingerprint density at radius 2 is 2.29 bits per heavy atom. The quantitative estimate of drug-likeness (QED) is 0.772. The lowest BCUT2D eigenvalue weighted by Gasteiger charge is -2.22. The zero-order valence-electron chi connectivity index (χ0n) is 7.53. The van der Waals surface area contributed by atoms with Crippen LogP contribution in [0.4, 0.5) is 8.78 Å². The summed E-state index contributed by atoms with van der Waals surface area (Å²) < 4.78 is 26.3. The van der Waals surface area contributed by atoms with Gasteiger partial charge >= 0.3 is 0 Å². The molecule has 1 aliphatic rings. The first-order valence-corrected chi connectivity index (χ1v) is 4.53. The van der Waals surface area contributed by atoms with Gasteiger partial charge in [-0.05, 0) is 6.42 Å². The Bertz CT molecular complexity index is 326. The number of hydrogen-bond donors (Lipinski definition) is 1. The molecular formula is C8H11F2N3O. The van der Waals surface area contributed by atoms with E-state index >= 15 is 0 Å². The van der Waals surface area contributed by atoms with Crippen molar-refractivity contribution in [1.29, 1.82) is 0 Å². The summed E-state index contributed by atoms with van der Waals surface area (Å²) in [4.78, 5) is 0. The first-order valence-electron chi connectivity index (χ1n) is 4.53. The second-order valence-corrected chi connectivity index (χ2v) is 3.47. The predicted molar refractivity (Wildman–Crippen MR) is 43.9 cm³/mol. The summed E-state index contributed by atoms with van der Waals surface area (Å²) in [6.45, 7) is 0.429. The van der Waals surface area contributed by atoms with Crippen molar-refractivity contribution in [2.75, 3.05) is 6.61 Å². The third-order valence-electron chi connectivity index (χ3n) is 2.53. The summed E-state index contributed by atoms with van der Waals surface area (Å²) in [6.07, 6.45) is -1.18. The van der Waals surface area contributed by atoms with Gasteiger partial charge in [-0.25, -0.2) is 8.78 Å². The smallest absolute Gasteiger partial charge is 0.297 e.